The van der Waals surface area contributed by atoms with Crippen LogP contribution in [0.1, 0.15) is 55.2 Å². The van der Waals surface area contributed by atoms with Crippen LogP contribution in [0, 0.1) is 20.8 Å². The van der Waals surface area contributed by atoms with Gasteiger partial charge < -0.3 is 10.6 Å². The molecule has 0 fully saturated rings. The van der Waals surface area contributed by atoms with Gasteiger partial charge in [0.15, 0.2) is 0 Å². The van der Waals surface area contributed by atoms with Crippen LogP contribution < -0.4 is 10.6 Å². The third-order valence-corrected chi connectivity index (χ3v) is 3.39. The molecule has 2 N–H and O–H groups in total. The van der Waals surface area contributed by atoms with Gasteiger partial charge in [-0.25, -0.2) is 0 Å². The summed E-state index contributed by atoms with van der Waals surface area (Å²) in [7, 11) is 0. The summed E-state index contributed by atoms with van der Waals surface area (Å²) < 4.78 is 0. The fraction of sp³-hybridized carbons (Fsp3) is 0.625. The molecule has 0 spiro atoms. The topological polar surface area (TPSA) is 54.0 Å². The summed E-state index contributed by atoms with van der Waals surface area (Å²) in [4.78, 5) is 16.1. The smallest absolute Gasteiger partial charge is 0.221 e. The maximum Gasteiger partial charge on any atom is 0.221 e. The van der Waals surface area contributed by atoms with Gasteiger partial charge in [0, 0.05) is 36.9 Å². The number of hydrogen-bond acceptors (Lipinski definition) is 3. The Morgan fingerprint density at radius 3 is 2.60 bits per heavy atom. The Kier molecular flexibility index (Phi) is 6.65. The second-order valence-corrected chi connectivity index (χ2v) is 5.36. The van der Waals surface area contributed by atoms with Gasteiger partial charge in [-0.3, -0.25) is 9.78 Å². The Bertz CT molecular complexity index is 434. The minimum atomic E-state index is 0.113. The molecule has 1 aromatic heterocycles. The van der Waals surface area contributed by atoms with Crippen LogP contribution in [0.25, 0.3) is 0 Å². The molecule has 1 rings (SSSR count). The number of carbonyl (C=O) groups excluding carboxylic acids is 1. The molecule has 20 heavy (non-hydrogen) atoms. The molecule has 0 aliphatic rings. The van der Waals surface area contributed by atoms with Crippen molar-refractivity contribution in [3.8, 4) is 0 Å². The zero-order valence-corrected chi connectivity index (χ0v) is 13.3. The first-order chi connectivity index (χ1) is 9.45. The van der Waals surface area contributed by atoms with Gasteiger partial charge in [-0.05, 0) is 51.3 Å². The molecule has 0 radical (unpaired) electrons. The molecule has 4 heteroatoms. The maximum atomic E-state index is 11.5. The number of hydrogen-bond donors (Lipinski definition) is 2. The van der Waals surface area contributed by atoms with Crippen molar-refractivity contribution in [1.82, 2.24) is 15.6 Å². The molecule has 1 atom stereocenters. The number of rotatable bonds is 7. The molecule has 0 saturated carbocycles. The van der Waals surface area contributed by atoms with Crippen molar-refractivity contribution in [2.45, 2.75) is 53.5 Å². The molecule has 1 heterocycles. The number of pyridine rings is 1. The SMILES string of the molecule is CCCNC(=O)CCNC(C)c1c(C)cc(C)nc1C. The zero-order chi connectivity index (χ0) is 15.1. The van der Waals surface area contributed by atoms with Crippen LogP contribution in [-0.2, 0) is 4.79 Å². The molecule has 1 amide bonds. The van der Waals surface area contributed by atoms with Gasteiger partial charge in [0.25, 0.3) is 0 Å². The largest absolute Gasteiger partial charge is 0.356 e. The second-order valence-electron chi connectivity index (χ2n) is 5.36. The lowest BCUT2D eigenvalue weighted by molar-refractivity contribution is -0.121. The molecule has 112 valence electrons. The molecular formula is C16H27N3O. The van der Waals surface area contributed by atoms with E-state index in [1.807, 2.05) is 13.8 Å². The molecule has 4 nitrogen and oxygen atoms in total. The molecule has 0 bridgehead atoms. The van der Waals surface area contributed by atoms with E-state index >= 15 is 0 Å². The maximum absolute atomic E-state index is 11.5. The van der Waals surface area contributed by atoms with Crippen molar-refractivity contribution in [1.29, 1.82) is 0 Å². The summed E-state index contributed by atoms with van der Waals surface area (Å²) in [5.41, 5.74) is 4.61. The van der Waals surface area contributed by atoms with Gasteiger partial charge in [0.1, 0.15) is 0 Å². The quantitative estimate of drug-likeness (QED) is 0.805. The molecule has 0 aromatic carbocycles. The Morgan fingerprint density at radius 1 is 1.30 bits per heavy atom. The van der Waals surface area contributed by atoms with Crippen LogP contribution in [0.3, 0.4) is 0 Å². The van der Waals surface area contributed by atoms with E-state index in [0.29, 0.717) is 13.0 Å². The number of carbonyl (C=O) groups is 1. The highest BCUT2D eigenvalue weighted by atomic mass is 16.1. The van der Waals surface area contributed by atoms with Crippen molar-refractivity contribution in [3.05, 3.63) is 28.6 Å². The van der Waals surface area contributed by atoms with Crippen LogP contribution in [0.2, 0.25) is 0 Å². The Labute approximate surface area is 122 Å². The second kappa shape index (κ2) is 8.00. The average molecular weight is 277 g/mol. The number of amides is 1. The van der Waals surface area contributed by atoms with E-state index < -0.39 is 0 Å². The number of nitrogens with one attached hydrogen (secondary N) is 2. The van der Waals surface area contributed by atoms with Gasteiger partial charge in [0.2, 0.25) is 5.91 Å². The van der Waals surface area contributed by atoms with Crippen molar-refractivity contribution in [2.24, 2.45) is 0 Å². The molecule has 1 unspecified atom stereocenters. The van der Waals surface area contributed by atoms with Gasteiger partial charge in [0.05, 0.1) is 0 Å². The van der Waals surface area contributed by atoms with E-state index in [0.717, 1.165) is 24.4 Å². The third kappa shape index (κ3) is 4.93. The summed E-state index contributed by atoms with van der Waals surface area (Å²) in [6.45, 7) is 11.8. The average Bonchev–Trinajstić information content (AvgIpc) is 2.35. The first-order valence-corrected chi connectivity index (χ1v) is 7.40. The van der Waals surface area contributed by atoms with Gasteiger partial charge in [-0.1, -0.05) is 6.92 Å². The minimum absolute atomic E-state index is 0.113. The van der Waals surface area contributed by atoms with E-state index in [9.17, 15) is 4.79 Å². The highest BCUT2D eigenvalue weighted by Gasteiger charge is 2.12. The monoisotopic (exact) mass is 277 g/mol. The fourth-order valence-electron chi connectivity index (χ4n) is 2.55. The van der Waals surface area contributed by atoms with E-state index in [2.05, 4.69) is 42.5 Å². The standard InChI is InChI=1S/C16H27N3O/c1-6-8-18-15(20)7-9-17-13(4)16-11(2)10-12(3)19-14(16)5/h10,13,17H,6-9H2,1-5H3,(H,18,20). The van der Waals surface area contributed by atoms with Crippen molar-refractivity contribution >= 4 is 5.91 Å². The minimum Gasteiger partial charge on any atom is -0.356 e. The number of aryl methyl sites for hydroxylation is 3. The number of aromatic nitrogens is 1. The molecule has 0 aliphatic carbocycles. The van der Waals surface area contributed by atoms with Gasteiger partial charge in [-0.15, -0.1) is 0 Å². The van der Waals surface area contributed by atoms with Crippen molar-refractivity contribution in [2.75, 3.05) is 13.1 Å². The van der Waals surface area contributed by atoms with Crippen molar-refractivity contribution in [3.63, 3.8) is 0 Å². The van der Waals surface area contributed by atoms with Crippen LogP contribution in [0.5, 0.6) is 0 Å². The number of nitrogens with zero attached hydrogens (tertiary/aromatic N) is 1. The van der Waals surface area contributed by atoms with Crippen LogP contribution in [0.4, 0.5) is 0 Å². The van der Waals surface area contributed by atoms with Gasteiger partial charge >= 0.3 is 0 Å². The highest BCUT2D eigenvalue weighted by Crippen LogP contribution is 2.20. The lowest BCUT2D eigenvalue weighted by Gasteiger charge is -2.19. The van der Waals surface area contributed by atoms with Gasteiger partial charge in [-0.2, -0.15) is 0 Å². The summed E-state index contributed by atoms with van der Waals surface area (Å²) in [6.07, 6.45) is 1.49. The first kappa shape index (κ1) is 16.6. The molecule has 0 aliphatic heterocycles. The van der Waals surface area contributed by atoms with E-state index in [-0.39, 0.29) is 11.9 Å². The van der Waals surface area contributed by atoms with E-state index in [4.69, 9.17) is 0 Å². The first-order valence-electron chi connectivity index (χ1n) is 7.40. The highest BCUT2D eigenvalue weighted by molar-refractivity contribution is 5.75. The predicted octanol–water partition coefficient (Wildman–Crippen LogP) is 2.57. The normalized spacial score (nSPS) is 12.2. The Morgan fingerprint density at radius 2 is 2.00 bits per heavy atom. The molecule has 0 saturated heterocycles. The Balaban J connectivity index is 2.51. The lowest BCUT2D eigenvalue weighted by atomic mass is 10.0. The van der Waals surface area contributed by atoms with Crippen LogP contribution >= 0.6 is 0 Å². The molecular weight excluding hydrogens is 250 g/mol. The van der Waals surface area contributed by atoms with Crippen LogP contribution in [-0.4, -0.2) is 24.0 Å². The lowest BCUT2D eigenvalue weighted by Crippen LogP contribution is -2.29. The summed E-state index contributed by atoms with van der Waals surface area (Å²) >= 11 is 0. The van der Waals surface area contributed by atoms with E-state index in [1.165, 1.54) is 11.1 Å². The summed E-state index contributed by atoms with van der Waals surface area (Å²) in [5.74, 6) is 0.113. The summed E-state index contributed by atoms with van der Waals surface area (Å²) in [5, 5.41) is 6.29. The van der Waals surface area contributed by atoms with Crippen LogP contribution in [0.15, 0.2) is 6.07 Å². The molecule has 1 aromatic rings. The van der Waals surface area contributed by atoms with E-state index in [1.54, 1.807) is 0 Å². The Hall–Kier alpha value is -1.42. The third-order valence-electron chi connectivity index (χ3n) is 3.39. The van der Waals surface area contributed by atoms with Crippen molar-refractivity contribution < 1.29 is 4.79 Å². The zero-order valence-electron chi connectivity index (χ0n) is 13.3. The fourth-order valence-corrected chi connectivity index (χ4v) is 2.55. The summed E-state index contributed by atoms with van der Waals surface area (Å²) in [6, 6.07) is 2.32. The predicted molar refractivity (Wildman–Crippen MR) is 82.8 cm³/mol.